The van der Waals surface area contributed by atoms with Gasteiger partial charge in [-0.3, -0.25) is 0 Å². The molecular weight excluding hydrogens is 268 g/mol. The lowest BCUT2D eigenvalue weighted by Crippen LogP contribution is -2.36. The van der Waals surface area contributed by atoms with Gasteiger partial charge in [-0.2, -0.15) is 5.10 Å². The molecule has 0 saturated heterocycles. The van der Waals surface area contributed by atoms with Gasteiger partial charge in [-0.25, -0.2) is 9.48 Å². The van der Waals surface area contributed by atoms with Gasteiger partial charge in [0.05, 0.1) is 11.4 Å². The number of hydrogen-bond donors (Lipinski definition) is 3. The molecule has 0 fully saturated rings. The molecule has 2 aromatic rings. The molecule has 0 aliphatic carbocycles. The summed E-state index contributed by atoms with van der Waals surface area (Å²) in [6, 6.07) is 9.04. The number of hydrogen-bond acceptors (Lipinski definition) is 3. The Labute approximate surface area is 123 Å². The summed E-state index contributed by atoms with van der Waals surface area (Å²) < 4.78 is 1.70. The Hall–Kier alpha value is -2.34. The number of aliphatic hydroxyl groups excluding tert-OH is 1. The average molecular weight is 288 g/mol. The van der Waals surface area contributed by atoms with Crippen molar-refractivity contribution in [3.05, 3.63) is 42.7 Å². The maximum Gasteiger partial charge on any atom is 0.319 e. The highest BCUT2D eigenvalue weighted by Gasteiger charge is 2.10. The zero-order chi connectivity index (χ0) is 15.1. The van der Waals surface area contributed by atoms with Crippen LogP contribution >= 0.6 is 0 Å². The van der Waals surface area contributed by atoms with Crippen molar-refractivity contribution in [2.24, 2.45) is 0 Å². The fraction of sp³-hybridized carbons (Fsp3) is 0.333. The Kier molecular flexibility index (Phi) is 5.34. The first-order valence-electron chi connectivity index (χ1n) is 6.98. The third-order valence-corrected chi connectivity index (χ3v) is 3.08. The summed E-state index contributed by atoms with van der Waals surface area (Å²) >= 11 is 0. The van der Waals surface area contributed by atoms with Crippen molar-refractivity contribution in [2.75, 3.05) is 11.9 Å². The normalized spacial score (nSPS) is 11.9. The number of urea groups is 1. The number of nitrogens with zero attached hydrogens (tertiary/aromatic N) is 2. The average Bonchev–Trinajstić information content (AvgIpc) is 2.99. The van der Waals surface area contributed by atoms with Crippen molar-refractivity contribution in [1.29, 1.82) is 0 Å². The molecule has 1 atom stereocenters. The molecule has 112 valence electrons. The van der Waals surface area contributed by atoms with Crippen molar-refractivity contribution in [1.82, 2.24) is 15.1 Å². The third-order valence-electron chi connectivity index (χ3n) is 3.08. The van der Waals surface area contributed by atoms with Gasteiger partial charge in [0.1, 0.15) is 0 Å². The van der Waals surface area contributed by atoms with E-state index < -0.39 is 0 Å². The summed E-state index contributed by atoms with van der Waals surface area (Å²) in [6.45, 7) is 2.05. The molecule has 2 rings (SSSR count). The van der Waals surface area contributed by atoms with Crippen LogP contribution in [0.2, 0.25) is 0 Å². The van der Waals surface area contributed by atoms with Crippen LogP contribution in [0.15, 0.2) is 42.7 Å². The fourth-order valence-electron chi connectivity index (χ4n) is 2.04. The van der Waals surface area contributed by atoms with Gasteiger partial charge in [0.25, 0.3) is 0 Å². The van der Waals surface area contributed by atoms with Gasteiger partial charge < -0.3 is 15.7 Å². The van der Waals surface area contributed by atoms with E-state index in [9.17, 15) is 4.79 Å². The first kappa shape index (κ1) is 15.1. The van der Waals surface area contributed by atoms with E-state index in [2.05, 4.69) is 15.7 Å². The molecule has 6 heteroatoms. The molecule has 0 bridgehead atoms. The Morgan fingerprint density at radius 3 is 2.90 bits per heavy atom. The predicted molar refractivity (Wildman–Crippen MR) is 81.5 cm³/mol. The van der Waals surface area contributed by atoms with E-state index >= 15 is 0 Å². The van der Waals surface area contributed by atoms with Gasteiger partial charge >= 0.3 is 6.03 Å². The molecule has 6 nitrogen and oxygen atoms in total. The van der Waals surface area contributed by atoms with Crippen LogP contribution in [-0.2, 0) is 0 Å². The summed E-state index contributed by atoms with van der Waals surface area (Å²) in [5.74, 6) is 0. The van der Waals surface area contributed by atoms with E-state index in [1.165, 1.54) is 0 Å². The standard InChI is InChI=1S/C15H20N4O2/c1-12(6-4-11-20)17-15(21)18-13-7-2-3-8-14(13)19-10-5-9-16-19/h2-3,5,7-10,12,20H,4,6,11H2,1H3,(H2,17,18,21). The van der Waals surface area contributed by atoms with Gasteiger partial charge in [0.15, 0.2) is 0 Å². The zero-order valence-corrected chi connectivity index (χ0v) is 12.0. The molecule has 0 aliphatic rings. The van der Waals surface area contributed by atoms with Crippen molar-refractivity contribution >= 4 is 11.7 Å². The maximum absolute atomic E-state index is 12.0. The Bertz CT molecular complexity index is 569. The molecule has 1 aromatic carbocycles. The Morgan fingerprint density at radius 1 is 1.38 bits per heavy atom. The van der Waals surface area contributed by atoms with E-state index in [1.54, 1.807) is 10.9 Å². The lowest BCUT2D eigenvalue weighted by molar-refractivity contribution is 0.245. The first-order valence-corrected chi connectivity index (χ1v) is 6.98. The molecule has 3 N–H and O–H groups in total. The lowest BCUT2D eigenvalue weighted by Gasteiger charge is -2.15. The number of carbonyl (C=O) groups is 1. The summed E-state index contributed by atoms with van der Waals surface area (Å²) in [7, 11) is 0. The van der Waals surface area contributed by atoms with Crippen LogP contribution < -0.4 is 10.6 Å². The van der Waals surface area contributed by atoms with Crippen LogP contribution in [-0.4, -0.2) is 33.6 Å². The van der Waals surface area contributed by atoms with Gasteiger partial charge in [0, 0.05) is 25.0 Å². The van der Waals surface area contributed by atoms with E-state index in [1.807, 2.05) is 43.5 Å². The SMILES string of the molecule is CC(CCCO)NC(=O)Nc1ccccc1-n1cccn1. The van der Waals surface area contributed by atoms with Crippen molar-refractivity contribution in [2.45, 2.75) is 25.8 Å². The maximum atomic E-state index is 12.0. The molecule has 0 radical (unpaired) electrons. The quantitative estimate of drug-likeness (QED) is 0.762. The van der Waals surface area contributed by atoms with Crippen molar-refractivity contribution in [3.8, 4) is 5.69 Å². The van der Waals surface area contributed by atoms with Crippen LogP contribution in [0.5, 0.6) is 0 Å². The third kappa shape index (κ3) is 4.32. The van der Waals surface area contributed by atoms with E-state index in [4.69, 9.17) is 5.11 Å². The number of aliphatic hydroxyl groups is 1. The van der Waals surface area contributed by atoms with Crippen LogP contribution in [0.3, 0.4) is 0 Å². The minimum atomic E-state index is -0.264. The summed E-state index contributed by atoms with van der Waals surface area (Å²) in [6.07, 6.45) is 4.92. The summed E-state index contributed by atoms with van der Waals surface area (Å²) in [5, 5.41) is 18.6. The second kappa shape index (κ2) is 7.44. The molecule has 21 heavy (non-hydrogen) atoms. The highest BCUT2D eigenvalue weighted by Crippen LogP contribution is 2.18. The number of benzene rings is 1. The van der Waals surface area contributed by atoms with Gasteiger partial charge in [-0.1, -0.05) is 12.1 Å². The molecule has 0 saturated carbocycles. The number of rotatable bonds is 6. The second-order valence-electron chi connectivity index (χ2n) is 4.83. The molecule has 1 aromatic heterocycles. The molecule has 1 heterocycles. The topological polar surface area (TPSA) is 79.2 Å². The van der Waals surface area contributed by atoms with Crippen LogP contribution in [0, 0.1) is 0 Å². The van der Waals surface area contributed by atoms with Crippen molar-refractivity contribution < 1.29 is 9.90 Å². The zero-order valence-electron chi connectivity index (χ0n) is 12.0. The Balaban J connectivity index is 2.01. The lowest BCUT2D eigenvalue weighted by atomic mass is 10.2. The smallest absolute Gasteiger partial charge is 0.319 e. The first-order chi connectivity index (χ1) is 10.2. The van der Waals surface area contributed by atoms with Gasteiger partial charge in [-0.05, 0) is 38.0 Å². The fourth-order valence-corrected chi connectivity index (χ4v) is 2.04. The number of aromatic nitrogens is 2. The number of amides is 2. The molecular formula is C15H20N4O2. The monoisotopic (exact) mass is 288 g/mol. The molecule has 2 amide bonds. The van der Waals surface area contributed by atoms with Crippen LogP contribution in [0.4, 0.5) is 10.5 Å². The van der Waals surface area contributed by atoms with E-state index in [-0.39, 0.29) is 18.7 Å². The van der Waals surface area contributed by atoms with E-state index in [0.29, 0.717) is 12.1 Å². The minimum Gasteiger partial charge on any atom is -0.396 e. The molecule has 0 spiro atoms. The second-order valence-corrected chi connectivity index (χ2v) is 4.83. The predicted octanol–water partition coefficient (Wildman–Crippen LogP) is 2.15. The largest absolute Gasteiger partial charge is 0.396 e. The number of carbonyl (C=O) groups excluding carboxylic acids is 1. The minimum absolute atomic E-state index is 0.00835. The van der Waals surface area contributed by atoms with Crippen LogP contribution in [0.25, 0.3) is 5.69 Å². The number of anilines is 1. The van der Waals surface area contributed by atoms with Gasteiger partial charge in [-0.15, -0.1) is 0 Å². The highest BCUT2D eigenvalue weighted by atomic mass is 16.3. The summed E-state index contributed by atoms with van der Waals surface area (Å²) in [5.41, 5.74) is 1.49. The van der Waals surface area contributed by atoms with Crippen LogP contribution in [0.1, 0.15) is 19.8 Å². The molecule has 0 aliphatic heterocycles. The van der Waals surface area contributed by atoms with Crippen molar-refractivity contribution in [3.63, 3.8) is 0 Å². The van der Waals surface area contributed by atoms with E-state index in [0.717, 1.165) is 12.1 Å². The van der Waals surface area contributed by atoms with Gasteiger partial charge in [0.2, 0.25) is 0 Å². The molecule has 1 unspecified atom stereocenters. The highest BCUT2D eigenvalue weighted by molar-refractivity contribution is 5.91. The number of nitrogens with one attached hydrogen (secondary N) is 2. The summed E-state index contributed by atoms with van der Waals surface area (Å²) in [4.78, 5) is 12.0. The number of para-hydroxylation sites is 2. The Morgan fingerprint density at radius 2 is 2.19 bits per heavy atom.